The molecule has 0 aliphatic carbocycles. The van der Waals surface area contributed by atoms with Crippen molar-refractivity contribution in [3.05, 3.63) is 64.8 Å². The molecule has 0 saturated carbocycles. The Balaban J connectivity index is 1.14. The third-order valence-corrected chi connectivity index (χ3v) is 8.17. The number of nitrogens with one attached hydrogen (secondary N) is 1. The number of halogens is 3. The summed E-state index contributed by atoms with van der Waals surface area (Å²) in [6.45, 7) is 5.44. The van der Waals surface area contributed by atoms with Crippen molar-refractivity contribution in [3.63, 3.8) is 0 Å². The minimum absolute atomic E-state index is 0.0913. The fourth-order valence-electron chi connectivity index (χ4n) is 5.89. The Morgan fingerprint density at radius 1 is 1.15 bits per heavy atom. The first-order chi connectivity index (χ1) is 19.6. The quantitative estimate of drug-likeness (QED) is 0.261. The Bertz CT molecular complexity index is 1370. The van der Waals surface area contributed by atoms with Gasteiger partial charge in [-0.1, -0.05) is 38.3 Å². The van der Waals surface area contributed by atoms with Gasteiger partial charge >= 0.3 is 6.18 Å². The summed E-state index contributed by atoms with van der Waals surface area (Å²) in [5.41, 5.74) is 1.15. The molecule has 0 bridgehead atoms. The first kappa shape index (κ1) is 29.6. The third-order valence-electron chi connectivity index (χ3n) is 8.17. The lowest BCUT2D eigenvalue weighted by Gasteiger charge is -2.31. The summed E-state index contributed by atoms with van der Waals surface area (Å²) >= 11 is 0. The molecule has 1 fully saturated rings. The maximum atomic E-state index is 13.5. The van der Waals surface area contributed by atoms with Gasteiger partial charge in [-0.25, -0.2) is 4.90 Å². The van der Waals surface area contributed by atoms with E-state index in [-0.39, 0.29) is 5.52 Å². The van der Waals surface area contributed by atoms with Gasteiger partial charge in [-0.15, -0.1) is 0 Å². The number of nitrogens with zero attached hydrogens (tertiary/aromatic N) is 2. The molecule has 2 aliphatic heterocycles. The molecule has 1 saturated heterocycles. The lowest BCUT2D eigenvalue weighted by Crippen LogP contribution is -2.44. The Labute approximate surface area is 238 Å². The molecule has 0 spiro atoms. The van der Waals surface area contributed by atoms with Crippen LogP contribution in [0.2, 0.25) is 0 Å². The SMILES string of the molecule is CCCc1cnc2c(C(F)(F)F)cccc2c1OCCCCCCN1C(O)NC(C)(c2ccc3c(c2)CCO3)C1O. The topological polar surface area (TPSA) is 87.1 Å². The van der Waals surface area contributed by atoms with Gasteiger partial charge in [0.05, 0.1) is 29.8 Å². The highest BCUT2D eigenvalue weighted by molar-refractivity contribution is 5.89. The van der Waals surface area contributed by atoms with E-state index in [4.69, 9.17) is 9.47 Å². The Hall–Kier alpha value is -2.92. The molecule has 3 N–H and O–H groups in total. The predicted molar refractivity (Wildman–Crippen MR) is 150 cm³/mol. The first-order valence-corrected chi connectivity index (χ1v) is 14.4. The Morgan fingerprint density at radius 2 is 1.95 bits per heavy atom. The van der Waals surface area contributed by atoms with Gasteiger partial charge in [-0.2, -0.15) is 13.2 Å². The van der Waals surface area contributed by atoms with Gasteiger partial charge in [-0.05, 0) is 61.6 Å². The van der Waals surface area contributed by atoms with Crippen LogP contribution in [0.1, 0.15) is 68.2 Å². The highest BCUT2D eigenvalue weighted by Crippen LogP contribution is 2.39. The van der Waals surface area contributed by atoms with Crippen molar-refractivity contribution in [1.82, 2.24) is 15.2 Å². The second-order valence-electron chi connectivity index (χ2n) is 11.1. The maximum absolute atomic E-state index is 13.5. The van der Waals surface area contributed by atoms with E-state index >= 15 is 0 Å². The summed E-state index contributed by atoms with van der Waals surface area (Å²) in [6, 6.07) is 9.97. The fourth-order valence-corrected chi connectivity index (χ4v) is 5.89. The van der Waals surface area contributed by atoms with E-state index in [1.807, 2.05) is 32.0 Å². The molecule has 3 unspecified atom stereocenters. The van der Waals surface area contributed by atoms with E-state index in [0.717, 1.165) is 67.0 Å². The lowest BCUT2D eigenvalue weighted by atomic mass is 9.89. The van der Waals surface area contributed by atoms with E-state index < -0.39 is 29.9 Å². The number of aromatic nitrogens is 1. The molecule has 2 aromatic carbocycles. The fraction of sp³-hybridized carbons (Fsp3) is 0.516. The molecule has 3 heterocycles. The van der Waals surface area contributed by atoms with Crippen molar-refractivity contribution in [2.45, 2.75) is 83.1 Å². The van der Waals surface area contributed by atoms with Crippen molar-refractivity contribution in [2.75, 3.05) is 19.8 Å². The van der Waals surface area contributed by atoms with Crippen LogP contribution in [0, 0.1) is 0 Å². The van der Waals surface area contributed by atoms with Crippen molar-refractivity contribution in [2.24, 2.45) is 0 Å². The summed E-state index contributed by atoms with van der Waals surface area (Å²) in [5.74, 6) is 1.35. The standard InChI is InChI=1S/C31H38F3N3O4/c1-3-9-21-19-35-26-23(10-8-11-24(26)31(32,33)34)27(21)41-16-7-5-4-6-15-37-28(38)30(2,36-29(37)39)22-12-13-25-20(18-22)14-17-40-25/h8,10-13,18-19,28-29,36,38-39H,3-7,9,14-17H2,1-2H3. The van der Waals surface area contributed by atoms with Crippen LogP contribution in [0.4, 0.5) is 13.2 Å². The summed E-state index contributed by atoms with van der Waals surface area (Å²) < 4.78 is 52.3. The van der Waals surface area contributed by atoms with E-state index in [9.17, 15) is 23.4 Å². The summed E-state index contributed by atoms with van der Waals surface area (Å²) in [5, 5.41) is 25.4. The monoisotopic (exact) mass is 573 g/mol. The van der Waals surface area contributed by atoms with E-state index in [2.05, 4.69) is 10.3 Å². The number of aliphatic hydroxyl groups is 2. The number of benzene rings is 2. The number of unbranched alkanes of at least 4 members (excludes halogenated alkanes) is 3. The second kappa shape index (κ2) is 12.1. The van der Waals surface area contributed by atoms with Gasteiger partial charge in [0.1, 0.15) is 17.7 Å². The van der Waals surface area contributed by atoms with Gasteiger partial charge in [0.2, 0.25) is 0 Å². The number of para-hydroxylation sites is 1. The van der Waals surface area contributed by atoms with Crippen molar-refractivity contribution in [3.8, 4) is 11.5 Å². The smallest absolute Gasteiger partial charge is 0.418 e. The van der Waals surface area contributed by atoms with Crippen LogP contribution in [0.3, 0.4) is 0 Å². The lowest BCUT2D eigenvalue weighted by molar-refractivity contribution is -0.136. The van der Waals surface area contributed by atoms with Crippen LogP contribution >= 0.6 is 0 Å². The van der Waals surface area contributed by atoms with Crippen LogP contribution in [0.15, 0.2) is 42.6 Å². The minimum Gasteiger partial charge on any atom is -0.493 e. The number of fused-ring (bicyclic) bond motifs is 2. The normalized spacial score (nSPS) is 22.7. The molecule has 0 radical (unpaired) electrons. The molecule has 3 aromatic rings. The van der Waals surface area contributed by atoms with Gasteiger partial charge in [0.25, 0.3) is 0 Å². The molecular weight excluding hydrogens is 535 g/mol. The minimum atomic E-state index is -4.49. The van der Waals surface area contributed by atoms with Crippen LogP contribution in [-0.4, -0.2) is 52.4 Å². The van der Waals surface area contributed by atoms with Crippen molar-refractivity contribution < 1.29 is 32.9 Å². The summed E-state index contributed by atoms with van der Waals surface area (Å²) in [6.07, 6.45) is 0.644. The zero-order chi connectivity index (χ0) is 29.2. The zero-order valence-corrected chi connectivity index (χ0v) is 23.5. The molecule has 2 aliphatic rings. The molecule has 5 rings (SSSR count). The van der Waals surface area contributed by atoms with Crippen LogP contribution in [0.25, 0.3) is 10.9 Å². The number of aliphatic hydroxyl groups excluding tert-OH is 2. The van der Waals surface area contributed by atoms with Crippen LogP contribution in [-0.2, 0) is 24.6 Å². The number of hydrogen-bond donors (Lipinski definition) is 3. The first-order valence-electron chi connectivity index (χ1n) is 14.4. The van der Waals surface area contributed by atoms with Crippen LogP contribution in [0.5, 0.6) is 11.5 Å². The molecule has 3 atom stereocenters. The average Bonchev–Trinajstić information content (AvgIpc) is 3.50. The predicted octanol–water partition coefficient (Wildman–Crippen LogP) is 5.50. The molecule has 7 nitrogen and oxygen atoms in total. The Morgan fingerprint density at radius 3 is 2.73 bits per heavy atom. The second-order valence-corrected chi connectivity index (χ2v) is 11.1. The number of alkyl halides is 3. The largest absolute Gasteiger partial charge is 0.493 e. The average molecular weight is 574 g/mol. The van der Waals surface area contributed by atoms with Gasteiger partial charge in [-0.3, -0.25) is 10.3 Å². The van der Waals surface area contributed by atoms with E-state index in [0.29, 0.717) is 37.3 Å². The highest BCUT2D eigenvalue weighted by atomic mass is 19.4. The molecule has 0 amide bonds. The number of pyridine rings is 1. The number of rotatable bonds is 11. The molecule has 41 heavy (non-hydrogen) atoms. The number of hydrogen-bond acceptors (Lipinski definition) is 7. The van der Waals surface area contributed by atoms with Crippen LogP contribution < -0.4 is 14.8 Å². The van der Waals surface area contributed by atoms with E-state index in [1.54, 1.807) is 11.0 Å². The third kappa shape index (κ3) is 6.02. The maximum Gasteiger partial charge on any atom is 0.418 e. The van der Waals surface area contributed by atoms with Gasteiger partial charge < -0.3 is 19.7 Å². The number of aryl methyl sites for hydroxylation is 1. The van der Waals surface area contributed by atoms with Gasteiger partial charge in [0, 0.05) is 30.1 Å². The molecule has 1 aromatic heterocycles. The number of ether oxygens (including phenoxy) is 2. The van der Waals surface area contributed by atoms with E-state index in [1.165, 1.54) is 12.3 Å². The molecule has 10 heteroatoms. The van der Waals surface area contributed by atoms with Crippen molar-refractivity contribution >= 4 is 10.9 Å². The summed E-state index contributed by atoms with van der Waals surface area (Å²) in [4.78, 5) is 5.80. The van der Waals surface area contributed by atoms with Gasteiger partial charge in [0.15, 0.2) is 6.35 Å². The summed E-state index contributed by atoms with van der Waals surface area (Å²) in [7, 11) is 0. The highest BCUT2D eigenvalue weighted by Gasteiger charge is 2.48. The molecular formula is C31H38F3N3O4. The zero-order valence-electron chi connectivity index (χ0n) is 23.5. The molecule has 222 valence electrons. The Kier molecular flexibility index (Phi) is 8.75. The van der Waals surface area contributed by atoms with Crippen molar-refractivity contribution in [1.29, 1.82) is 0 Å².